The number of halogens is 2. The van der Waals surface area contributed by atoms with Crippen molar-refractivity contribution < 1.29 is 4.79 Å². The maximum Gasteiger partial charge on any atom is 0.243 e. The van der Waals surface area contributed by atoms with Gasteiger partial charge >= 0.3 is 0 Å². The van der Waals surface area contributed by atoms with Crippen molar-refractivity contribution in [2.75, 3.05) is 27.7 Å². The molecule has 1 heterocycles. The fourth-order valence-electron chi connectivity index (χ4n) is 2.11. The fraction of sp³-hybridized carbons (Fsp3) is 0.333. The van der Waals surface area contributed by atoms with Crippen LogP contribution in [0.1, 0.15) is 10.4 Å². The molecule has 0 bridgehead atoms. The Morgan fingerprint density at radius 1 is 1.19 bits per heavy atom. The molecule has 0 unspecified atom stereocenters. The number of thiophene rings is 1. The number of likely N-dealkylation sites (N-methyl/N-ethyl adjacent to an activating group) is 1. The molecule has 0 saturated carbocycles. The molecule has 0 spiro atoms. The number of amides is 1. The zero-order valence-electron chi connectivity index (χ0n) is 15.1. The lowest BCUT2D eigenvalue weighted by molar-refractivity contribution is -0.127. The van der Waals surface area contributed by atoms with E-state index >= 15 is 0 Å². The van der Waals surface area contributed by atoms with Crippen molar-refractivity contribution in [1.29, 1.82) is 0 Å². The number of hydrogen-bond donors (Lipinski definition) is 1. The third-order valence-electron chi connectivity index (χ3n) is 3.56. The van der Waals surface area contributed by atoms with Gasteiger partial charge in [-0.1, -0.05) is 29.8 Å². The molecule has 1 aromatic carbocycles. The lowest BCUT2D eigenvalue weighted by atomic mass is 10.2. The summed E-state index contributed by atoms with van der Waals surface area (Å²) >= 11 is 7.63. The van der Waals surface area contributed by atoms with Gasteiger partial charge < -0.3 is 15.1 Å². The van der Waals surface area contributed by atoms with Gasteiger partial charge in [0.25, 0.3) is 0 Å². The van der Waals surface area contributed by atoms with Crippen molar-refractivity contribution >= 4 is 58.8 Å². The summed E-state index contributed by atoms with van der Waals surface area (Å²) in [6.07, 6.45) is 0. The Labute approximate surface area is 181 Å². The van der Waals surface area contributed by atoms with E-state index in [9.17, 15) is 4.79 Å². The van der Waals surface area contributed by atoms with Crippen LogP contribution in [0.4, 0.5) is 0 Å². The third kappa shape index (κ3) is 7.51. The first-order valence-corrected chi connectivity index (χ1v) is 9.18. The number of nitrogens with one attached hydrogen (secondary N) is 1. The Balaban J connectivity index is 0.00000338. The molecule has 5 nitrogen and oxygen atoms in total. The van der Waals surface area contributed by atoms with Gasteiger partial charge in [-0.25, -0.2) is 4.99 Å². The van der Waals surface area contributed by atoms with Crippen molar-refractivity contribution in [2.45, 2.75) is 13.1 Å². The molecule has 1 amide bonds. The number of benzene rings is 1. The van der Waals surface area contributed by atoms with Crippen molar-refractivity contribution in [3.63, 3.8) is 0 Å². The second-order valence-electron chi connectivity index (χ2n) is 5.84. The zero-order valence-corrected chi connectivity index (χ0v) is 19.0. The van der Waals surface area contributed by atoms with Crippen LogP contribution in [-0.4, -0.2) is 49.4 Å². The van der Waals surface area contributed by atoms with Gasteiger partial charge in [0, 0.05) is 37.6 Å². The number of guanidine groups is 1. The molecular weight excluding hydrogens is 483 g/mol. The Bertz CT molecular complexity index is 704. The molecule has 0 aliphatic rings. The average molecular weight is 507 g/mol. The number of hydrogen-bond acceptors (Lipinski definition) is 3. The molecular formula is C18H24ClIN4OS. The molecule has 0 aliphatic carbocycles. The number of nitrogens with zero attached hydrogens (tertiary/aromatic N) is 3. The van der Waals surface area contributed by atoms with Crippen LogP contribution in [0.3, 0.4) is 0 Å². The maximum atomic E-state index is 11.9. The van der Waals surface area contributed by atoms with Gasteiger partial charge in [0.1, 0.15) is 6.54 Å². The first-order chi connectivity index (χ1) is 12.0. The number of aliphatic imine (C=N–C) groups is 1. The molecule has 1 N–H and O–H groups in total. The van der Waals surface area contributed by atoms with E-state index in [0.29, 0.717) is 24.1 Å². The topological polar surface area (TPSA) is 47.9 Å². The summed E-state index contributed by atoms with van der Waals surface area (Å²) in [5.74, 6) is 0.661. The largest absolute Gasteiger partial charge is 0.351 e. The standard InChI is InChI=1S/C18H23ClN4OS.HI/c1-22(2)17(24)12-21-18(20-11-16-5-4-10-25-16)23(3)13-14-6-8-15(19)9-7-14;/h4-10H,11-13H2,1-3H3,(H,20,21);1H. The van der Waals surface area contributed by atoms with E-state index in [4.69, 9.17) is 11.6 Å². The molecule has 0 aliphatic heterocycles. The minimum absolute atomic E-state index is 0. The molecule has 0 atom stereocenters. The number of carbonyl (C=O) groups excluding carboxylic acids is 1. The predicted molar refractivity (Wildman–Crippen MR) is 120 cm³/mol. The first-order valence-electron chi connectivity index (χ1n) is 7.92. The minimum atomic E-state index is -0.0321. The first kappa shape index (κ1) is 22.7. The van der Waals surface area contributed by atoms with Gasteiger partial charge in [-0.15, -0.1) is 35.3 Å². The Hall–Kier alpha value is -1.32. The zero-order chi connectivity index (χ0) is 18.2. The average Bonchev–Trinajstić information content (AvgIpc) is 3.10. The van der Waals surface area contributed by atoms with E-state index < -0.39 is 0 Å². The van der Waals surface area contributed by atoms with Crippen molar-refractivity contribution in [3.05, 3.63) is 57.2 Å². The molecule has 8 heteroatoms. The summed E-state index contributed by atoms with van der Waals surface area (Å²) in [6, 6.07) is 11.8. The summed E-state index contributed by atoms with van der Waals surface area (Å²) in [5.41, 5.74) is 1.12. The second-order valence-corrected chi connectivity index (χ2v) is 7.31. The normalized spacial score (nSPS) is 10.8. The highest BCUT2D eigenvalue weighted by Gasteiger charge is 2.10. The van der Waals surface area contributed by atoms with Gasteiger partial charge in [-0.2, -0.15) is 0 Å². The molecule has 2 aromatic rings. The predicted octanol–water partition coefficient (Wildman–Crippen LogP) is 3.69. The van der Waals surface area contributed by atoms with Gasteiger partial charge in [-0.3, -0.25) is 4.79 Å². The fourth-order valence-corrected chi connectivity index (χ4v) is 2.88. The van der Waals surface area contributed by atoms with Crippen LogP contribution in [0.25, 0.3) is 0 Å². The van der Waals surface area contributed by atoms with Gasteiger partial charge in [0.2, 0.25) is 5.91 Å². The molecule has 0 fully saturated rings. The van der Waals surface area contributed by atoms with Gasteiger partial charge in [0.15, 0.2) is 5.96 Å². The lowest BCUT2D eigenvalue weighted by Crippen LogP contribution is -2.39. The monoisotopic (exact) mass is 506 g/mol. The van der Waals surface area contributed by atoms with Crippen molar-refractivity contribution in [2.24, 2.45) is 4.99 Å². The second kappa shape index (κ2) is 11.4. The molecule has 0 saturated heterocycles. The minimum Gasteiger partial charge on any atom is -0.351 e. The smallest absolute Gasteiger partial charge is 0.243 e. The molecule has 142 valence electrons. The molecule has 0 radical (unpaired) electrons. The van der Waals surface area contributed by atoms with Crippen LogP contribution in [0.15, 0.2) is 46.8 Å². The molecule has 1 aromatic heterocycles. The highest BCUT2D eigenvalue weighted by Crippen LogP contribution is 2.12. The van der Waals surface area contributed by atoms with E-state index in [1.165, 1.54) is 4.88 Å². The van der Waals surface area contributed by atoms with Crippen LogP contribution < -0.4 is 5.32 Å². The van der Waals surface area contributed by atoms with Crippen molar-refractivity contribution in [3.8, 4) is 0 Å². The van der Waals surface area contributed by atoms with Crippen molar-refractivity contribution in [1.82, 2.24) is 15.1 Å². The summed E-state index contributed by atoms with van der Waals surface area (Å²) < 4.78 is 0. The number of carbonyl (C=O) groups is 1. The summed E-state index contributed by atoms with van der Waals surface area (Å²) in [5, 5.41) is 6.10. The SMILES string of the molecule is CN(C)C(=O)CN=C(NCc1cccs1)N(C)Cc1ccc(Cl)cc1.I. The maximum absolute atomic E-state index is 11.9. The highest BCUT2D eigenvalue weighted by atomic mass is 127. The molecule has 26 heavy (non-hydrogen) atoms. The van der Waals surface area contributed by atoms with E-state index in [1.807, 2.05) is 47.7 Å². The Morgan fingerprint density at radius 2 is 1.88 bits per heavy atom. The third-order valence-corrected chi connectivity index (χ3v) is 4.69. The van der Waals surface area contributed by atoms with Crippen LogP contribution in [0.2, 0.25) is 5.02 Å². The lowest BCUT2D eigenvalue weighted by Gasteiger charge is -2.23. The van der Waals surface area contributed by atoms with E-state index in [-0.39, 0.29) is 36.4 Å². The number of rotatable bonds is 6. The van der Waals surface area contributed by atoms with Crippen LogP contribution in [-0.2, 0) is 17.9 Å². The Kier molecular flexibility index (Phi) is 9.97. The summed E-state index contributed by atoms with van der Waals surface area (Å²) in [4.78, 5) is 21.1. The van der Waals surface area contributed by atoms with E-state index in [2.05, 4.69) is 16.4 Å². The quantitative estimate of drug-likeness (QED) is 0.369. The molecule has 2 rings (SSSR count). The van der Waals surface area contributed by atoms with Gasteiger partial charge in [0.05, 0.1) is 6.54 Å². The van der Waals surface area contributed by atoms with E-state index in [1.54, 1.807) is 30.3 Å². The summed E-state index contributed by atoms with van der Waals surface area (Å²) in [6.45, 7) is 1.46. The Morgan fingerprint density at radius 3 is 2.46 bits per heavy atom. The van der Waals surface area contributed by atoms with Crippen LogP contribution in [0.5, 0.6) is 0 Å². The van der Waals surface area contributed by atoms with Gasteiger partial charge in [-0.05, 0) is 29.1 Å². The van der Waals surface area contributed by atoms with Crippen LogP contribution >= 0.6 is 46.9 Å². The highest BCUT2D eigenvalue weighted by molar-refractivity contribution is 14.0. The van der Waals surface area contributed by atoms with E-state index in [0.717, 1.165) is 5.56 Å². The van der Waals surface area contributed by atoms with Crippen LogP contribution in [0, 0.1) is 0 Å². The summed E-state index contributed by atoms with van der Waals surface area (Å²) in [7, 11) is 5.41.